The first-order chi connectivity index (χ1) is 14.6. The lowest BCUT2D eigenvalue weighted by atomic mass is 9.96. The van der Waals surface area contributed by atoms with Gasteiger partial charge in [0.05, 0.1) is 18.4 Å². The topological polar surface area (TPSA) is 76.8 Å². The fourth-order valence-electron chi connectivity index (χ4n) is 3.63. The van der Waals surface area contributed by atoms with Crippen LogP contribution in [0.1, 0.15) is 45.7 Å². The average molecular weight is 497 g/mol. The molecule has 31 heavy (non-hydrogen) atoms. The third-order valence-electron chi connectivity index (χ3n) is 5.53. The lowest BCUT2D eigenvalue weighted by Gasteiger charge is -2.34. The van der Waals surface area contributed by atoms with Crippen LogP contribution in [0, 0.1) is 6.92 Å². The van der Waals surface area contributed by atoms with E-state index in [1.807, 2.05) is 6.92 Å². The lowest BCUT2D eigenvalue weighted by molar-refractivity contribution is -0.173. The Kier molecular flexibility index (Phi) is 5.54. The molecule has 1 amide bonds. The van der Waals surface area contributed by atoms with Crippen molar-refractivity contribution < 1.29 is 18.0 Å². The summed E-state index contributed by atoms with van der Waals surface area (Å²) in [7, 11) is 1.79. The lowest BCUT2D eigenvalue weighted by Crippen LogP contribution is -2.36. The van der Waals surface area contributed by atoms with Crippen LogP contribution >= 0.6 is 15.9 Å². The maximum Gasteiger partial charge on any atom is 0.410 e. The number of carbonyl (C=O) groups excluding carboxylic acids is 1. The molecule has 2 aromatic heterocycles. The van der Waals surface area contributed by atoms with Crippen LogP contribution in [0.5, 0.6) is 0 Å². The van der Waals surface area contributed by atoms with Crippen LogP contribution in [0.2, 0.25) is 0 Å². The van der Waals surface area contributed by atoms with E-state index in [9.17, 15) is 18.0 Å². The molecule has 164 valence electrons. The molecule has 2 N–H and O–H groups in total. The Balaban J connectivity index is 1.62. The minimum absolute atomic E-state index is 0.0573. The molecule has 7 nitrogen and oxygen atoms in total. The maximum atomic E-state index is 13.8. The number of aromatic nitrogens is 4. The first-order valence-corrected chi connectivity index (χ1v) is 10.4. The zero-order valence-electron chi connectivity index (χ0n) is 16.7. The van der Waals surface area contributed by atoms with Crippen LogP contribution in [-0.4, -0.2) is 31.6 Å². The molecule has 3 aromatic rings. The first-order valence-electron chi connectivity index (χ1n) is 9.57. The SMILES string of the molecule is Cc1c(CNC(=O)c2cnn3c2N[C@@H](c2ccc(Br)cc2)C[C@H]3C(F)(F)F)cnn1C. The minimum atomic E-state index is -4.50. The summed E-state index contributed by atoms with van der Waals surface area (Å²) in [6, 6.07) is 4.61. The normalized spacial score (nSPS) is 18.4. The summed E-state index contributed by atoms with van der Waals surface area (Å²) in [5, 5.41) is 13.8. The molecular weight excluding hydrogens is 477 g/mol. The Hall–Kier alpha value is -2.82. The van der Waals surface area contributed by atoms with Crippen molar-refractivity contribution in [3.05, 3.63) is 63.5 Å². The van der Waals surface area contributed by atoms with Gasteiger partial charge in [-0.05, 0) is 24.6 Å². The van der Waals surface area contributed by atoms with E-state index in [1.54, 1.807) is 42.2 Å². The number of benzene rings is 1. The molecule has 0 radical (unpaired) electrons. The van der Waals surface area contributed by atoms with Crippen molar-refractivity contribution in [3.8, 4) is 0 Å². The second-order valence-corrected chi connectivity index (χ2v) is 8.37. The third-order valence-corrected chi connectivity index (χ3v) is 6.06. The molecule has 4 rings (SSSR count). The van der Waals surface area contributed by atoms with Crippen molar-refractivity contribution in [2.45, 2.75) is 38.1 Å². The molecule has 0 bridgehead atoms. The molecule has 3 heterocycles. The molecule has 2 atom stereocenters. The first kappa shape index (κ1) is 21.4. The zero-order valence-corrected chi connectivity index (χ0v) is 18.3. The number of rotatable bonds is 4. The predicted molar refractivity (Wildman–Crippen MR) is 112 cm³/mol. The molecular formula is C20H20BrF3N6O. The van der Waals surface area contributed by atoms with Gasteiger partial charge in [0.25, 0.3) is 5.91 Å². The summed E-state index contributed by atoms with van der Waals surface area (Å²) in [4.78, 5) is 12.8. The van der Waals surface area contributed by atoms with Gasteiger partial charge in [-0.2, -0.15) is 23.4 Å². The standard InChI is InChI=1S/C20H20BrF3N6O/c1-11-13(9-26-29(11)2)8-25-19(31)15-10-27-30-17(20(22,23)24)7-16(28-18(15)30)12-3-5-14(21)6-4-12/h3-6,9-10,16-17,28H,7-8H2,1-2H3,(H,25,31)/t16-,17+/m1/s1. The summed E-state index contributed by atoms with van der Waals surface area (Å²) in [6.07, 6.45) is -1.91. The zero-order chi connectivity index (χ0) is 22.3. The molecule has 0 unspecified atom stereocenters. The van der Waals surface area contributed by atoms with Crippen molar-refractivity contribution >= 4 is 27.7 Å². The number of fused-ring (bicyclic) bond motifs is 1. The second-order valence-electron chi connectivity index (χ2n) is 7.45. The third kappa shape index (κ3) is 4.18. The number of aryl methyl sites for hydroxylation is 1. The van der Waals surface area contributed by atoms with Crippen molar-refractivity contribution in [1.29, 1.82) is 0 Å². The summed E-state index contributed by atoms with van der Waals surface area (Å²) in [5.41, 5.74) is 2.48. The highest BCUT2D eigenvalue weighted by Crippen LogP contribution is 2.44. The van der Waals surface area contributed by atoms with Gasteiger partial charge < -0.3 is 10.6 Å². The molecule has 0 spiro atoms. The number of hydrogen-bond donors (Lipinski definition) is 2. The monoisotopic (exact) mass is 496 g/mol. The summed E-state index contributed by atoms with van der Waals surface area (Å²) < 4.78 is 44.8. The van der Waals surface area contributed by atoms with E-state index in [-0.39, 0.29) is 24.3 Å². The van der Waals surface area contributed by atoms with Gasteiger partial charge in [0.15, 0.2) is 6.04 Å². The second kappa shape index (κ2) is 8.03. The summed E-state index contributed by atoms with van der Waals surface area (Å²) in [6.45, 7) is 2.08. The number of nitrogens with one attached hydrogen (secondary N) is 2. The van der Waals surface area contributed by atoms with E-state index >= 15 is 0 Å². The fraction of sp³-hybridized carbons (Fsp3) is 0.350. The quantitative estimate of drug-likeness (QED) is 0.565. The van der Waals surface area contributed by atoms with Crippen LogP contribution in [0.3, 0.4) is 0 Å². The van der Waals surface area contributed by atoms with Crippen LogP contribution in [0.15, 0.2) is 41.1 Å². The molecule has 1 aromatic carbocycles. The molecule has 1 aliphatic heterocycles. The highest BCUT2D eigenvalue weighted by Gasteiger charge is 2.47. The van der Waals surface area contributed by atoms with Gasteiger partial charge in [-0.3, -0.25) is 9.48 Å². The molecule has 0 aliphatic carbocycles. The summed E-state index contributed by atoms with van der Waals surface area (Å²) in [5.74, 6) is -0.448. The van der Waals surface area contributed by atoms with Gasteiger partial charge in [0, 0.05) is 35.7 Å². The molecule has 1 aliphatic rings. The van der Waals surface area contributed by atoms with E-state index in [4.69, 9.17) is 0 Å². The van der Waals surface area contributed by atoms with Crippen molar-refractivity contribution in [2.75, 3.05) is 5.32 Å². The predicted octanol–water partition coefficient (Wildman–Crippen LogP) is 4.28. The van der Waals surface area contributed by atoms with Gasteiger partial charge in [-0.15, -0.1) is 0 Å². The number of halogens is 4. The van der Waals surface area contributed by atoms with Crippen LogP contribution in [0.25, 0.3) is 0 Å². The van der Waals surface area contributed by atoms with Crippen LogP contribution < -0.4 is 10.6 Å². The van der Waals surface area contributed by atoms with Gasteiger partial charge in [0.1, 0.15) is 11.4 Å². The largest absolute Gasteiger partial charge is 0.410 e. The smallest absolute Gasteiger partial charge is 0.363 e. The Morgan fingerprint density at radius 2 is 1.97 bits per heavy atom. The van der Waals surface area contributed by atoms with E-state index in [1.165, 1.54) is 6.20 Å². The van der Waals surface area contributed by atoms with Crippen molar-refractivity contribution in [1.82, 2.24) is 24.9 Å². The Morgan fingerprint density at radius 3 is 2.58 bits per heavy atom. The van der Waals surface area contributed by atoms with Gasteiger partial charge in [0.2, 0.25) is 0 Å². The highest BCUT2D eigenvalue weighted by molar-refractivity contribution is 9.10. The Labute approximate surface area is 184 Å². The van der Waals surface area contributed by atoms with Crippen LogP contribution in [0.4, 0.5) is 19.0 Å². The Bertz CT molecular complexity index is 1110. The van der Waals surface area contributed by atoms with Crippen molar-refractivity contribution in [3.63, 3.8) is 0 Å². The number of nitrogens with zero attached hydrogens (tertiary/aromatic N) is 4. The van der Waals surface area contributed by atoms with Gasteiger partial charge in [-0.25, -0.2) is 4.68 Å². The van der Waals surface area contributed by atoms with Gasteiger partial charge >= 0.3 is 6.18 Å². The van der Waals surface area contributed by atoms with E-state index < -0.39 is 24.2 Å². The summed E-state index contributed by atoms with van der Waals surface area (Å²) >= 11 is 3.33. The highest BCUT2D eigenvalue weighted by atomic mass is 79.9. The molecule has 0 saturated carbocycles. The number of carbonyl (C=O) groups is 1. The number of amides is 1. The average Bonchev–Trinajstić information content (AvgIpc) is 3.29. The van der Waals surface area contributed by atoms with Gasteiger partial charge in [-0.1, -0.05) is 28.1 Å². The maximum absolute atomic E-state index is 13.8. The molecule has 0 fully saturated rings. The van der Waals surface area contributed by atoms with Crippen molar-refractivity contribution in [2.24, 2.45) is 7.05 Å². The van der Waals surface area contributed by atoms with E-state index in [0.29, 0.717) is 5.56 Å². The molecule has 11 heteroatoms. The van der Waals surface area contributed by atoms with E-state index in [2.05, 4.69) is 36.8 Å². The number of hydrogen-bond acceptors (Lipinski definition) is 4. The molecule has 0 saturated heterocycles. The minimum Gasteiger partial charge on any atom is -0.363 e. The Morgan fingerprint density at radius 1 is 1.26 bits per heavy atom. The fourth-order valence-corrected chi connectivity index (χ4v) is 3.90. The van der Waals surface area contributed by atoms with E-state index in [0.717, 1.165) is 20.4 Å². The number of anilines is 1. The van der Waals surface area contributed by atoms with Crippen LogP contribution in [-0.2, 0) is 13.6 Å². The number of alkyl halides is 3.